The molecular weight excluding hydrogens is 242 g/mol. The smallest absolute Gasteiger partial charge is 0.167 e. The predicted octanol–water partition coefficient (Wildman–Crippen LogP) is 3.89. The standard InChI is InChI=1S/C11H12BrNO/c1-11(2,3)10-8-6-7(12)4-5-9(8)14-13-10/h4-6H,1-3H3. The van der Waals surface area contributed by atoms with Gasteiger partial charge in [0.25, 0.3) is 0 Å². The summed E-state index contributed by atoms with van der Waals surface area (Å²) in [6.45, 7) is 6.39. The topological polar surface area (TPSA) is 26.0 Å². The molecule has 0 aliphatic heterocycles. The molecule has 0 N–H and O–H groups in total. The molecule has 1 aromatic heterocycles. The van der Waals surface area contributed by atoms with Gasteiger partial charge in [0.2, 0.25) is 0 Å². The van der Waals surface area contributed by atoms with Crippen molar-refractivity contribution in [3.8, 4) is 0 Å². The Morgan fingerprint density at radius 3 is 2.64 bits per heavy atom. The minimum absolute atomic E-state index is 0.0199. The van der Waals surface area contributed by atoms with Gasteiger partial charge in [0.1, 0.15) is 0 Å². The van der Waals surface area contributed by atoms with Gasteiger partial charge in [-0.3, -0.25) is 0 Å². The molecule has 0 atom stereocenters. The van der Waals surface area contributed by atoms with E-state index in [9.17, 15) is 0 Å². The second-order valence-electron chi connectivity index (χ2n) is 4.42. The van der Waals surface area contributed by atoms with Crippen molar-refractivity contribution in [3.63, 3.8) is 0 Å². The van der Waals surface area contributed by atoms with Crippen LogP contribution >= 0.6 is 15.9 Å². The van der Waals surface area contributed by atoms with Gasteiger partial charge in [-0.1, -0.05) is 41.9 Å². The maximum Gasteiger partial charge on any atom is 0.167 e. The van der Waals surface area contributed by atoms with E-state index >= 15 is 0 Å². The Kier molecular flexibility index (Phi) is 2.14. The molecule has 14 heavy (non-hydrogen) atoms. The van der Waals surface area contributed by atoms with E-state index in [0.29, 0.717) is 0 Å². The number of nitrogens with zero attached hydrogens (tertiary/aromatic N) is 1. The Bertz CT molecular complexity index is 468. The molecule has 2 nitrogen and oxygen atoms in total. The van der Waals surface area contributed by atoms with Crippen molar-refractivity contribution in [1.82, 2.24) is 5.16 Å². The monoisotopic (exact) mass is 253 g/mol. The molecule has 0 aliphatic rings. The highest BCUT2D eigenvalue weighted by Crippen LogP contribution is 2.30. The van der Waals surface area contributed by atoms with Crippen LogP contribution in [0.2, 0.25) is 0 Å². The Morgan fingerprint density at radius 1 is 1.29 bits per heavy atom. The lowest BCUT2D eigenvalue weighted by atomic mass is 9.90. The number of fused-ring (bicyclic) bond motifs is 1. The van der Waals surface area contributed by atoms with Crippen LogP contribution in [0.4, 0.5) is 0 Å². The van der Waals surface area contributed by atoms with Gasteiger partial charge >= 0.3 is 0 Å². The van der Waals surface area contributed by atoms with Gasteiger partial charge in [-0.25, -0.2) is 0 Å². The van der Waals surface area contributed by atoms with Gasteiger partial charge in [-0.05, 0) is 18.2 Å². The minimum Gasteiger partial charge on any atom is -0.356 e. The van der Waals surface area contributed by atoms with E-state index in [1.807, 2.05) is 18.2 Å². The Morgan fingerprint density at radius 2 is 2.00 bits per heavy atom. The number of hydrogen-bond acceptors (Lipinski definition) is 2. The van der Waals surface area contributed by atoms with Gasteiger partial charge in [0, 0.05) is 15.3 Å². The van der Waals surface area contributed by atoms with Crippen LogP contribution in [0.3, 0.4) is 0 Å². The highest BCUT2D eigenvalue weighted by molar-refractivity contribution is 9.10. The zero-order chi connectivity index (χ0) is 10.3. The zero-order valence-corrected chi connectivity index (χ0v) is 10.1. The molecule has 0 radical (unpaired) electrons. The maximum absolute atomic E-state index is 5.26. The third-order valence-electron chi connectivity index (χ3n) is 2.14. The second kappa shape index (κ2) is 3.09. The normalized spacial score (nSPS) is 12.3. The third kappa shape index (κ3) is 1.57. The Labute approximate surface area is 91.4 Å². The van der Waals surface area contributed by atoms with Crippen LogP contribution in [-0.2, 0) is 5.41 Å². The highest BCUT2D eigenvalue weighted by Gasteiger charge is 2.21. The van der Waals surface area contributed by atoms with Crippen LogP contribution in [-0.4, -0.2) is 5.16 Å². The molecular formula is C11H12BrNO. The molecule has 2 aromatic rings. The van der Waals surface area contributed by atoms with E-state index in [0.717, 1.165) is 21.1 Å². The summed E-state index contributed by atoms with van der Waals surface area (Å²) in [6, 6.07) is 5.94. The number of halogens is 1. The molecule has 1 heterocycles. The molecule has 0 saturated heterocycles. The second-order valence-corrected chi connectivity index (χ2v) is 5.34. The fraction of sp³-hybridized carbons (Fsp3) is 0.364. The lowest BCUT2D eigenvalue weighted by Gasteiger charge is -2.14. The lowest BCUT2D eigenvalue weighted by molar-refractivity contribution is 0.419. The first-order valence-electron chi connectivity index (χ1n) is 4.54. The van der Waals surface area contributed by atoms with Crippen molar-refractivity contribution < 1.29 is 4.52 Å². The number of rotatable bonds is 0. The van der Waals surface area contributed by atoms with E-state index in [1.54, 1.807) is 0 Å². The van der Waals surface area contributed by atoms with Crippen LogP contribution in [0.15, 0.2) is 27.2 Å². The van der Waals surface area contributed by atoms with Crippen molar-refractivity contribution in [1.29, 1.82) is 0 Å². The summed E-state index contributed by atoms with van der Waals surface area (Å²) in [4.78, 5) is 0. The van der Waals surface area contributed by atoms with E-state index in [2.05, 4.69) is 41.9 Å². The summed E-state index contributed by atoms with van der Waals surface area (Å²) in [6.07, 6.45) is 0. The van der Waals surface area contributed by atoms with E-state index in [-0.39, 0.29) is 5.41 Å². The molecule has 0 spiro atoms. The summed E-state index contributed by atoms with van der Waals surface area (Å²) in [5, 5.41) is 5.20. The Balaban J connectivity index is 2.73. The fourth-order valence-corrected chi connectivity index (χ4v) is 1.81. The number of aromatic nitrogens is 1. The summed E-state index contributed by atoms with van der Waals surface area (Å²) in [5.74, 6) is 0. The van der Waals surface area contributed by atoms with Crippen molar-refractivity contribution in [3.05, 3.63) is 28.4 Å². The molecule has 2 rings (SSSR count). The van der Waals surface area contributed by atoms with Crippen molar-refractivity contribution in [2.75, 3.05) is 0 Å². The van der Waals surface area contributed by atoms with Crippen LogP contribution in [0.1, 0.15) is 26.5 Å². The first-order chi connectivity index (χ1) is 6.48. The largest absolute Gasteiger partial charge is 0.356 e. The fourth-order valence-electron chi connectivity index (χ4n) is 1.45. The third-order valence-corrected chi connectivity index (χ3v) is 2.64. The van der Waals surface area contributed by atoms with Crippen molar-refractivity contribution in [2.24, 2.45) is 0 Å². The predicted molar refractivity (Wildman–Crippen MR) is 60.4 cm³/mol. The molecule has 0 aliphatic carbocycles. The summed E-state index contributed by atoms with van der Waals surface area (Å²) in [5.41, 5.74) is 1.87. The summed E-state index contributed by atoms with van der Waals surface area (Å²) < 4.78 is 6.31. The van der Waals surface area contributed by atoms with Crippen LogP contribution in [0, 0.1) is 0 Å². The van der Waals surface area contributed by atoms with E-state index < -0.39 is 0 Å². The molecule has 0 fully saturated rings. The summed E-state index contributed by atoms with van der Waals surface area (Å²) >= 11 is 3.45. The van der Waals surface area contributed by atoms with Crippen LogP contribution in [0.5, 0.6) is 0 Å². The van der Waals surface area contributed by atoms with Gasteiger partial charge in [-0.15, -0.1) is 0 Å². The molecule has 74 valence electrons. The first kappa shape index (κ1) is 9.71. The first-order valence-corrected chi connectivity index (χ1v) is 5.33. The number of benzene rings is 1. The van der Waals surface area contributed by atoms with Crippen LogP contribution in [0.25, 0.3) is 11.0 Å². The Hall–Kier alpha value is -0.830. The maximum atomic E-state index is 5.26. The molecule has 3 heteroatoms. The highest BCUT2D eigenvalue weighted by atomic mass is 79.9. The SMILES string of the molecule is CC(C)(C)c1noc2ccc(Br)cc12. The van der Waals surface area contributed by atoms with Gasteiger partial charge in [-0.2, -0.15) is 0 Å². The average molecular weight is 254 g/mol. The van der Waals surface area contributed by atoms with Gasteiger partial charge in [0.15, 0.2) is 5.58 Å². The van der Waals surface area contributed by atoms with E-state index in [1.165, 1.54) is 0 Å². The summed E-state index contributed by atoms with van der Waals surface area (Å²) in [7, 11) is 0. The molecule has 1 aromatic carbocycles. The van der Waals surface area contributed by atoms with Gasteiger partial charge < -0.3 is 4.52 Å². The van der Waals surface area contributed by atoms with Gasteiger partial charge in [0.05, 0.1) is 5.69 Å². The number of hydrogen-bond donors (Lipinski definition) is 0. The van der Waals surface area contributed by atoms with Crippen molar-refractivity contribution >= 4 is 26.9 Å². The molecule has 0 saturated carbocycles. The van der Waals surface area contributed by atoms with Crippen molar-refractivity contribution in [2.45, 2.75) is 26.2 Å². The van der Waals surface area contributed by atoms with E-state index in [4.69, 9.17) is 4.52 Å². The molecule has 0 amide bonds. The minimum atomic E-state index is 0.0199. The van der Waals surface area contributed by atoms with Crippen LogP contribution < -0.4 is 0 Å². The molecule has 0 unspecified atom stereocenters. The lowest BCUT2D eigenvalue weighted by Crippen LogP contribution is -2.11. The quantitative estimate of drug-likeness (QED) is 0.712. The molecule has 0 bridgehead atoms. The average Bonchev–Trinajstić information content (AvgIpc) is 2.45. The zero-order valence-electron chi connectivity index (χ0n) is 8.47.